The maximum absolute atomic E-state index is 11.6. The lowest BCUT2D eigenvalue weighted by molar-refractivity contribution is -0.307. The number of carboxylic acid groups (broad SMARTS) is 1. The molecule has 15 heavy (non-hydrogen) atoms. The number of carbonyl (C=O) groups is 2. The third-order valence-electron chi connectivity index (χ3n) is 3.53. The van der Waals surface area contributed by atoms with Crippen molar-refractivity contribution in [2.24, 2.45) is 17.8 Å². The summed E-state index contributed by atoms with van der Waals surface area (Å²) in [6.45, 7) is 4.21. The minimum atomic E-state index is -1.02. The molecule has 0 aromatic rings. The molecule has 1 saturated carbocycles. The van der Waals surface area contributed by atoms with E-state index < -0.39 is 5.97 Å². The van der Waals surface area contributed by atoms with Gasteiger partial charge in [0.2, 0.25) is 0 Å². The van der Waals surface area contributed by atoms with Gasteiger partial charge in [-0.05, 0) is 31.1 Å². The summed E-state index contributed by atoms with van der Waals surface area (Å²) in [4.78, 5) is 22.1. The Balaban J connectivity index is 2.56. The molecule has 1 fully saturated rings. The zero-order valence-corrected chi connectivity index (χ0v) is 9.49. The SMILES string of the molecule is CCC(C)CC1C(=O)CCC1CC(=O)[O-]. The van der Waals surface area contributed by atoms with Crippen molar-refractivity contribution in [3.63, 3.8) is 0 Å². The Hall–Kier alpha value is -0.860. The van der Waals surface area contributed by atoms with Crippen LogP contribution in [0.5, 0.6) is 0 Å². The van der Waals surface area contributed by atoms with Gasteiger partial charge in [-0.2, -0.15) is 0 Å². The first kappa shape index (κ1) is 12.2. The van der Waals surface area contributed by atoms with Gasteiger partial charge in [-0.15, -0.1) is 0 Å². The van der Waals surface area contributed by atoms with E-state index in [0.717, 1.165) is 19.3 Å². The minimum Gasteiger partial charge on any atom is -0.550 e. The molecule has 0 radical (unpaired) electrons. The fourth-order valence-electron chi connectivity index (χ4n) is 2.36. The molecular weight excluding hydrogens is 192 g/mol. The second-order valence-corrected chi connectivity index (χ2v) is 4.70. The molecule has 1 rings (SSSR count). The maximum atomic E-state index is 11.6. The average molecular weight is 211 g/mol. The number of ketones is 1. The predicted molar refractivity (Wildman–Crippen MR) is 54.9 cm³/mol. The van der Waals surface area contributed by atoms with Gasteiger partial charge in [0.1, 0.15) is 5.78 Å². The van der Waals surface area contributed by atoms with Gasteiger partial charge >= 0.3 is 0 Å². The summed E-state index contributed by atoms with van der Waals surface area (Å²) in [6, 6.07) is 0. The standard InChI is InChI=1S/C12H20O3/c1-3-8(2)6-10-9(7-12(14)15)4-5-11(10)13/h8-10H,3-7H2,1-2H3,(H,14,15)/p-1. The van der Waals surface area contributed by atoms with Crippen molar-refractivity contribution in [3.05, 3.63) is 0 Å². The number of hydrogen-bond donors (Lipinski definition) is 0. The fraction of sp³-hybridized carbons (Fsp3) is 0.833. The third-order valence-corrected chi connectivity index (χ3v) is 3.53. The van der Waals surface area contributed by atoms with Gasteiger partial charge in [0.25, 0.3) is 0 Å². The van der Waals surface area contributed by atoms with Crippen LogP contribution in [0, 0.1) is 17.8 Å². The number of rotatable bonds is 5. The van der Waals surface area contributed by atoms with Crippen molar-refractivity contribution in [2.75, 3.05) is 0 Å². The fourth-order valence-corrected chi connectivity index (χ4v) is 2.36. The molecule has 0 bridgehead atoms. The van der Waals surface area contributed by atoms with Gasteiger partial charge in [0.05, 0.1) is 0 Å². The van der Waals surface area contributed by atoms with E-state index in [9.17, 15) is 14.7 Å². The van der Waals surface area contributed by atoms with Crippen LogP contribution in [0.3, 0.4) is 0 Å². The lowest BCUT2D eigenvalue weighted by Gasteiger charge is -2.21. The van der Waals surface area contributed by atoms with Gasteiger partial charge in [-0.1, -0.05) is 20.3 Å². The van der Waals surface area contributed by atoms with Crippen molar-refractivity contribution in [3.8, 4) is 0 Å². The summed E-state index contributed by atoms with van der Waals surface area (Å²) < 4.78 is 0. The molecule has 0 aromatic carbocycles. The Kier molecular flexibility index (Phi) is 4.30. The topological polar surface area (TPSA) is 57.2 Å². The summed E-state index contributed by atoms with van der Waals surface area (Å²) in [6.07, 6.45) is 3.22. The average Bonchev–Trinajstić information content (AvgIpc) is 2.49. The molecule has 0 amide bonds. The molecular formula is C12H19O3-. The Bertz CT molecular complexity index is 247. The third kappa shape index (κ3) is 3.33. The zero-order valence-electron chi connectivity index (χ0n) is 9.49. The van der Waals surface area contributed by atoms with Crippen molar-refractivity contribution in [1.82, 2.24) is 0 Å². The second-order valence-electron chi connectivity index (χ2n) is 4.70. The summed E-state index contributed by atoms with van der Waals surface area (Å²) in [5, 5.41) is 10.5. The summed E-state index contributed by atoms with van der Waals surface area (Å²) in [7, 11) is 0. The highest BCUT2D eigenvalue weighted by atomic mass is 16.4. The van der Waals surface area contributed by atoms with E-state index in [2.05, 4.69) is 13.8 Å². The molecule has 86 valence electrons. The highest BCUT2D eigenvalue weighted by Crippen LogP contribution is 2.35. The first-order valence-corrected chi connectivity index (χ1v) is 5.77. The van der Waals surface area contributed by atoms with E-state index in [1.54, 1.807) is 0 Å². The van der Waals surface area contributed by atoms with Crippen molar-refractivity contribution in [1.29, 1.82) is 0 Å². The molecule has 0 spiro atoms. The first-order valence-electron chi connectivity index (χ1n) is 5.77. The molecule has 0 heterocycles. The van der Waals surface area contributed by atoms with Crippen LogP contribution in [0.1, 0.15) is 46.0 Å². The molecule has 0 aliphatic heterocycles. The molecule has 3 heteroatoms. The Morgan fingerprint density at radius 1 is 1.60 bits per heavy atom. The van der Waals surface area contributed by atoms with Crippen LogP contribution in [-0.2, 0) is 9.59 Å². The molecule has 0 N–H and O–H groups in total. The Morgan fingerprint density at radius 2 is 2.27 bits per heavy atom. The molecule has 3 nitrogen and oxygen atoms in total. The normalized spacial score (nSPS) is 28.0. The molecule has 0 aromatic heterocycles. The number of Topliss-reactive ketones (excluding diaryl/α,β-unsaturated/α-hetero) is 1. The van der Waals surface area contributed by atoms with Crippen LogP contribution in [0.25, 0.3) is 0 Å². The van der Waals surface area contributed by atoms with Crippen LogP contribution < -0.4 is 5.11 Å². The summed E-state index contributed by atoms with van der Waals surface area (Å²) in [5.74, 6) is -0.277. The van der Waals surface area contributed by atoms with Crippen LogP contribution in [0.2, 0.25) is 0 Å². The van der Waals surface area contributed by atoms with Gasteiger partial charge in [-0.3, -0.25) is 4.79 Å². The molecule has 3 atom stereocenters. The van der Waals surface area contributed by atoms with E-state index in [4.69, 9.17) is 0 Å². The number of carbonyl (C=O) groups excluding carboxylic acids is 2. The predicted octanol–water partition coefficient (Wildman–Crippen LogP) is 1.16. The van der Waals surface area contributed by atoms with Gasteiger partial charge in [0.15, 0.2) is 0 Å². The van der Waals surface area contributed by atoms with E-state index in [-0.39, 0.29) is 24.0 Å². The highest BCUT2D eigenvalue weighted by molar-refractivity contribution is 5.84. The quantitative estimate of drug-likeness (QED) is 0.685. The first-order chi connectivity index (χ1) is 7.04. The van der Waals surface area contributed by atoms with Crippen molar-refractivity contribution < 1.29 is 14.7 Å². The van der Waals surface area contributed by atoms with Crippen LogP contribution in [0.15, 0.2) is 0 Å². The summed E-state index contributed by atoms with van der Waals surface area (Å²) in [5.41, 5.74) is 0. The second kappa shape index (κ2) is 5.29. The van der Waals surface area contributed by atoms with Gasteiger partial charge in [-0.25, -0.2) is 0 Å². The highest BCUT2D eigenvalue weighted by Gasteiger charge is 2.34. The lowest BCUT2D eigenvalue weighted by Crippen LogP contribution is -2.28. The number of aliphatic carboxylic acids is 1. The van der Waals surface area contributed by atoms with Gasteiger partial charge < -0.3 is 9.90 Å². The Morgan fingerprint density at radius 3 is 2.80 bits per heavy atom. The monoisotopic (exact) mass is 211 g/mol. The smallest absolute Gasteiger partial charge is 0.136 e. The molecule has 3 unspecified atom stereocenters. The van der Waals surface area contributed by atoms with Crippen molar-refractivity contribution in [2.45, 2.75) is 46.0 Å². The molecule has 1 aliphatic carbocycles. The van der Waals surface area contributed by atoms with E-state index in [1.807, 2.05) is 0 Å². The van der Waals surface area contributed by atoms with E-state index in [1.165, 1.54) is 0 Å². The van der Waals surface area contributed by atoms with Crippen molar-refractivity contribution >= 4 is 11.8 Å². The number of carboxylic acids is 1. The maximum Gasteiger partial charge on any atom is 0.136 e. The van der Waals surface area contributed by atoms with E-state index >= 15 is 0 Å². The van der Waals surface area contributed by atoms with Gasteiger partial charge in [0, 0.05) is 18.3 Å². The molecule has 1 aliphatic rings. The molecule has 0 saturated heterocycles. The lowest BCUT2D eigenvalue weighted by atomic mass is 9.84. The summed E-state index contributed by atoms with van der Waals surface area (Å²) >= 11 is 0. The van der Waals surface area contributed by atoms with Crippen LogP contribution in [0.4, 0.5) is 0 Å². The van der Waals surface area contributed by atoms with Crippen LogP contribution >= 0.6 is 0 Å². The minimum absolute atomic E-state index is 0.0245. The Labute approximate surface area is 90.9 Å². The zero-order chi connectivity index (χ0) is 11.4. The number of hydrogen-bond acceptors (Lipinski definition) is 3. The van der Waals surface area contributed by atoms with E-state index in [0.29, 0.717) is 12.3 Å². The van der Waals surface area contributed by atoms with Crippen LogP contribution in [-0.4, -0.2) is 11.8 Å². The largest absolute Gasteiger partial charge is 0.550 e.